The Labute approximate surface area is 171 Å². The van der Waals surface area contributed by atoms with Crippen molar-refractivity contribution in [3.8, 4) is 5.69 Å². The van der Waals surface area contributed by atoms with Gasteiger partial charge >= 0.3 is 0 Å². The maximum atomic E-state index is 12.5. The summed E-state index contributed by atoms with van der Waals surface area (Å²) in [7, 11) is 0. The molecule has 28 heavy (non-hydrogen) atoms. The molecule has 1 N–H and O–H groups in total. The lowest BCUT2D eigenvalue weighted by molar-refractivity contribution is 0.102. The van der Waals surface area contributed by atoms with Crippen LogP contribution >= 0.6 is 23.1 Å². The van der Waals surface area contributed by atoms with E-state index >= 15 is 0 Å². The van der Waals surface area contributed by atoms with Gasteiger partial charge in [-0.1, -0.05) is 42.1 Å². The summed E-state index contributed by atoms with van der Waals surface area (Å²) in [5.41, 5.74) is 3.75. The lowest BCUT2D eigenvalue weighted by Crippen LogP contribution is -2.12. The minimum atomic E-state index is -0.173. The van der Waals surface area contributed by atoms with Gasteiger partial charge in [0.1, 0.15) is 4.34 Å². The van der Waals surface area contributed by atoms with Crippen molar-refractivity contribution in [3.63, 3.8) is 0 Å². The number of nitrogens with zero attached hydrogens (tertiary/aromatic N) is 3. The zero-order valence-corrected chi connectivity index (χ0v) is 16.8. The number of amides is 1. The second-order valence-corrected chi connectivity index (χ2v) is 8.26. The number of para-hydroxylation sites is 1. The average Bonchev–Trinajstić information content (AvgIpc) is 3.36. The monoisotopic (exact) mass is 406 g/mol. The third-order valence-corrected chi connectivity index (χ3v) is 6.24. The molecule has 4 aromatic rings. The van der Waals surface area contributed by atoms with E-state index in [1.54, 1.807) is 33.8 Å². The summed E-state index contributed by atoms with van der Waals surface area (Å²) < 4.78 is 2.80. The molecule has 0 fully saturated rings. The number of thioether (sulfide) groups is 1. The van der Waals surface area contributed by atoms with E-state index < -0.39 is 0 Å². The van der Waals surface area contributed by atoms with Crippen molar-refractivity contribution in [2.75, 3.05) is 5.32 Å². The molecular formula is C21H18N4OS2. The molecule has 1 amide bonds. The highest BCUT2D eigenvalue weighted by atomic mass is 32.2. The number of carbonyl (C=O) groups excluding carboxylic acids is 1. The normalized spacial score (nSPS) is 10.8. The van der Waals surface area contributed by atoms with Crippen LogP contribution in [0.5, 0.6) is 0 Å². The number of hydrogen-bond donors (Lipinski definition) is 1. The van der Waals surface area contributed by atoms with Crippen molar-refractivity contribution in [3.05, 3.63) is 89.1 Å². The van der Waals surface area contributed by atoms with E-state index in [0.29, 0.717) is 11.4 Å². The molecule has 0 aliphatic rings. The van der Waals surface area contributed by atoms with Gasteiger partial charge in [0, 0.05) is 34.7 Å². The molecule has 2 heterocycles. The Balaban J connectivity index is 1.36. The summed E-state index contributed by atoms with van der Waals surface area (Å²) in [4.78, 5) is 16.9. The van der Waals surface area contributed by atoms with Gasteiger partial charge in [0.15, 0.2) is 5.82 Å². The number of benzene rings is 2. The van der Waals surface area contributed by atoms with Gasteiger partial charge in [-0.15, -0.1) is 11.3 Å². The third-order valence-electron chi connectivity index (χ3n) is 4.03. The van der Waals surface area contributed by atoms with E-state index in [-0.39, 0.29) is 5.91 Å². The lowest BCUT2D eigenvalue weighted by atomic mass is 10.1. The first kappa shape index (κ1) is 18.5. The van der Waals surface area contributed by atoms with Crippen LogP contribution in [0.4, 0.5) is 5.82 Å². The van der Waals surface area contributed by atoms with Crippen molar-refractivity contribution in [2.24, 2.45) is 0 Å². The molecule has 0 saturated carbocycles. The fourth-order valence-electron chi connectivity index (χ4n) is 2.60. The van der Waals surface area contributed by atoms with E-state index in [0.717, 1.165) is 27.0 Å². The van der Waals surface area contributed by atoms with E-state index in [4.69, 9.17) is 0 Å². The largest absolute Gasteiger partial charge is 0.305 e. The van der Waals surface area contributed by atoms with E-state index in [2.05, 4.69) is 20.8 Å². The topological polar surface area (TPSA) is 59.8 Å². The summed E-state index contributed by atoms with van der Waals surface area (Å²) in [6.45, 7) is 2.00. The predicted octanol–water partition coefficient (Wildman–Crippen LogP) is 5.18. The van der Waals surface area contributed by atoms with Crippen molar-refractivity contribution < 1.29 is 4.79 Å². The molecule has 2 aromatic heterocycles. The molecule has 0 bridgehead atoms. The quantitative estimate of drug-likeness (QED) is 0.448. The molecule has 0 aliphatic carbocycles. The van der Waals surface area contributed by atoms with E-state index in [1.807, 2.05) is 67.7 Å². The molecule has 5 nitrogen and oxygen atoms in total. The predicted molar refractivity (Wildman–Crippen MR) is 114 cm³/mol. The molecule has 0 radical (unpaired) electrons. The molecule has 140 valence electrons. The molecule has 0 aliphatic heterocycles. The third kappa shape index (κ3) is 4.49. The standard InChI is InChI=1S/C21H18N4OS2/c1-15-13-27-21(22-15)28-14-16-7-9-17(10-8-16)20(26)23-19-11-12-25(24-19)18-5-3-2-4-6-18/h2-13H,14H2,1H3,(H,23,24,26). The van der Waals surface area contributed by atoms with Crippen LogP contribution in [0, 0.1) is 6.92 Å². The molecule has 0 spiro atoms. The van der Waals surface area contributed by atoms with Crippen LogP contribution in [0.2, 0.25) is 0 Å². The van der Waals surface area contributed by atoms with Gasteiger partial charge in [-0.2, -0.15) is 5.10 Å². The molecule has 7 heteroatoms. The number of anilines is 1. The molecule has 0 unspecified atom stereocenters. The highest BCUT2D eigenvalue weighted by Gasteiger charge is 2.09. The Morgan fingerprint density at radius 1 is 1.11 bits per heavy atom. The maximum absolute atomic E-state index is 12.5. The number of nitrogens with one attached hydrogen (secondary N) is 1. The number of thiazole rings is 1. The fourth-order valence-corrected chi connectivity index (χ4v) is 4.40. The molecule has 0 saturated heterocycles. The van der Waals surface area contributed by atoms with E-state index in [1.165, 1.54) is 0 Å². The number of aromatic nitrogens is 3. The van der Waals surface area contributed by atoms with Crippen molar-refractivity contribution in [1.29, 1.82) is 0 Å². The Kier molecular flexibility index (Phi) is 5.55. The zero-order valence-electron chi connectivity index (χ0n) is 15.2. The van der Waals surface area contributed by atoms with Crippen LogP contribution in [-0.4, -0.2) is 20.7 Å². The summed E-state index contributed by atoms with van der Waals surface area (Å²) in [6.07, 6.45) is 1.82. The van der Waals surface area contributed by atoms with Gasteiger partial charge in [-0.3, -0.25) is 4.79 Å². The van der Waals surface area contributed by atoms with Gasteiger partial charge < -0.3 is 5.32 Å². The Morgan fingerprint density at radius 2 is 1.89 bits per heavy atom. The van der Waals surface area contributed by atoms with Crippen molar-refractivity contribution in [1.82, 2.24) is 14.8 Å². The number of carbonyl (C=O) groups is 1. The molecule has 4 rings (SSSR count). The SMILES string of the molecule is Cc1csc(SCc2ccc(C(=O)Nc3ccn(-c4ccccc4)n3)cc2)n1. The smallest absolute Gasteiger partial charge is 0.256 e. The van der Waals surface area contributed by atoms with Crippen LogP contribution in [-0.2, 0) is 5.75 Å². The first-order valence-electron chi connectivity index (χ1n) is 8.74. The Hall–Kier alpha value is -2.90. The van der Waals surface area contributed by atoms with Crippen LogP contribution in [0.15, 0.2) is 76.6 Å². The van der Waals surface area contributed by atoms with Crippen LogP contribution in [0.3, 0.4) is 0 Å². The van der Waals surface area contributed by atoms with Gasteiger partial charge in [0.05, 0.1) is 5.69 Å². The van der Waals surface area contributed by atoms with Crippen LogP contribution in [0.1, 0.15) is 21.6 Å². The molecule has 0 atom stereocenters. The average molecular weight is 407 g/mol. The Morgan fingerprint density at radius 3 is 2.61 bits per heavy atom. The zero-order chi connectivity index (χ0) is 19.3. The highest BCUT2D eigenvalue weighted by molar-refractivity contribution is 8.00. The van der Waals surface area contributed by atoms with Gasteiger partial charge in [-0.05, 0) is 36.8 Å². The maximum Gasteiger partial charge on any atom is 0.256 e. The fraction of sp³-hybridized carbons (Fsp3) is 0.0952. The minimum Gasteiger partial charge on any atom is -0.305 e. The molecule has 2 aromatic carbocycles. The summed E-state index contributed by atoms with van der Waals surface area (Å²) >= 11 is 3.36. The minimum absolute atomic E-state index is 0.173. The van der Waals surface area contributed by atoms with Gasteiger partial charge in [0.25, 0.3) is 5.91 Å². The van der Waals surface area contributed by atoms with Gasteiger partial charge in [0.2, 0.25) is 0 Å². The first-order valence-corrected chi connectivity index (χ1v) is 10.6. The summed E-state index contributed by atoms with van der Waals surface area (Å²) in [6, 6.07) is 19.2. The molecular weight excluding hydrogens is 388 g/mol. The second-order valence-electron chi connectivity index (χ2n) is 6.18. The number of aryl methyl sites for hydroxylation is 1. The number of rotatable bonds is 6. The van der Waals surface area contributed by atoms with Crippen molar-refractivity contribution in [2.45, 2.75) is 17.0 Å². The summed E-state index contributed by atoms with van der Waals surface area (Å²) in [5, 5.41) is 9.30. The van der Waals surface area contributed by atoms with Crippen LogP contribution in [0.25, 0.3) is 5.69 Å². The lowest BCUT2D eigenvalue weighted by Gasteiger charge is -2.04. The number of hydrogen-bond acceptors (Lipinski definition) is 5. The van der Waals surface area contributed by atoms with E-state index in [9.17, 15) is 4.79 Å². The Bertz CT molecular complexity index is 1070. The van der Waals surface area contributed by atoms with Crippen LogP contribution < -0.4 is 5.32 Å². The second kappa shape index (κ2) is 8.41. The van der Waals surface area contributed by atoms with Crippen molar-refractivity contribution >= 4 is 34.8 Å². The first-order chi connectivity index (χ1) is 13.7. The summed E-state index contributed by atoms with van der Waals surface area (Å²) in [5.74, 6) is 1.18. The highest BCUT2D eigenvalue weighted by Crippen LogP contribution is 2.26. The van der Waals surface area contributed by atoms with Gasteiger partial charge in [-0.25, -0.2) is 9.67 Å².